The number of nitrogens with one attached hydrogen (secondary N) is 1. The lowest BCUT2D eigenvalue weighted by Crippen LogP contribution is -2.34. The zero-order valence-corrected chi connectivity index (χ0v) is 11.3. The topological polar surface area (TPSA) is 73.9 Å². The summed E-state index contributed by atoms with van der Waals surface area (Å²) < 4.78 is 26.0. The van der Waals surface area contributed by atoms with Crippen molar-refractivity contribution >= 4 is 13.7 Å². The Morgan fingerprint density at radius 2 is 1.75 bits per heavy atom. The summed E-state index contributed by atoms with van der Waals surface area (Å²) >= 11 is 0. The van der Waals surface area contributed by atoms with E-state index in [1.165, 1.54) is 14.2 Å². The molecule has 0 aliphatic carbocycles. The molecule has 1 amide bonds. The van der Waals surface area contributed by atoms with E-state index < -0.39 is 19.3 Å². The summed E-state index contributed by atoms with van der Waals surface area (Å²) in [6.07, 6.45) is -0.439. The lowest BCUT2D eigenvalue weighted by Gasteiger charge is -2.20. The molecular formula is C9H20NO5P. The zero-order chi connectivity index (χ0) is 12.8. The first-order valence-electron chi connectivity index (χ1n) is 4.90. The van der Waals surface area contributed by atoms with Crippen molar-refractivity contribution in [1.82, 2.24) is 5.32 Å². The van der Waals surface area contributed by atoms with Crippen LogP contribution in [0, 0.1) is 0 Å². The molecular weight excluding hydrogens is 233 g/mol. The van der Waals surface area contributed by atoms with Crippen molar-refractivity contribution in [3.05, 3.63) is 0 Å². The first kappa shape index (κ1) is 15.4. The third kappa shape index (κ3) is 6.82. The molecule has 0 saturated carbocycles. The number of rotatable bonds is 5. The predicted octanol–water partition coefficient (Wildman–Crippen LogP) is 2.00. The number of carbonyl (C=O) groups is 1. The first-order chi connectivity index (χ1) is 7.22. The molecule has 0 aromatic carbocycles. The number of amides is 1. The Morgan fingerprint density at radius 3 is 2.12 bits per heavy atom. The van der Waals surface area contributed by atoms with Gasteiger partial charge in [-0.2, -0.15) is 0 Å². The van der Waals surface area contributed by atoms with E-state index in [0.717, 1.165) is 0 Å². The summed E-state index contributed by atoms with van der Waals surface area (Å²) in [4.78, 5) is 11.2. The molecule has 0 saturated heterocycles. The highest BCUT2D eigenvalue weighted by molar-refractivity contribution is 7.53. The number of carbonyl (C=O) groups excluding carboxylic acids is 1. The molecule has 96 valence electrons. The van der Waals surface area contributed by atoms with Gasteiger partial charge in [-0.25, -0.2) is 4.79 Å². The largest absolute Gasteiger partial charge is 0.444 e. The van der Waals surface area contributed by atoms with Gasteiger partial charge in [-0.3, -0.25) is 4.57 Å². The van der Waals surface area contributed by atoms with Crippen LogP contribution in [0.3, 0.4) is 0 Å². The monoisotopic (exact) mass is 253 g/mol. The number of ether oxygens (including phenoxy) is 1. The van der Waals surface area contributed by atoms with Crippen LogP contribution in [0.1, 0.15) is 20.8 Å². The fourth-order valence-corrected chi connectivity index (χ4v) is 1.77. The van der Waals surface area contributed by atoms with E-state index in [9.17, 15) is 9.36 Å². The summed E-state index contributed by atoms with van der Waals surface area (Å²) in [5.41, 5.74) is -0.545. The Hall–Kier alpha value is -0.580. The van der Waals surface area contributed by atoms with Crippen molar-refractivity contribution < 1.29 is 23.1 Å². The summed E-state index contributed by atoms with van der Waals surface area (Å²) in [5.74, 6) is 0. The average Bonchev–Trinajstić information content (AvgIpc) is 2.14. The van der Waals surface area contributed by atoms with Gasteiger partial charge in [0.1, 0.15) is 5.60 Å². The van der Waals surface area contributed by atoms with Gasteiger partial charge in [0.25, 0.3) is 0 Å². The minimum Gasteiger partial charge on any atom is -0.444 e. The van der Waals surface area contributed by atoms with Gasteiger partial charge in [0, 0.05) is 20.8 Å². The molecule has 0 aliphatic rings. The molecule has 0 atom stereocenters. The van der Waals surface area contributed by atoms with E-state index in [4.69, 9.17) is 13.8 Å². The molecule has 0 heterocycles. The molecule has 16 heavy (non-hydrogen) atoms. The Kier molecular flexibility index (Phi) is 6.00. The predicted molar refractivity (Wildman–Crippen MR) is 60.7 cm³/mol. The van der Waals surface area contributed by atoms with Gasteiger partial charge >= 0.3 is 13.7 Å². The molecule has 0 radical (unpaired) electrons. The quantitative estimate of drug-likeness (QED) is 0.758. The second-order valence-electron chi connectivity index (χ2n) is 4.13. The first-order valence-corrected chi connectivity index (χ1v) is 6.62. The van der Waals surface area contributed by atoms with Gasteiger partial charge in [0.05, 0.1) is 6.16 Å². The zero-order valence-electron chi connectivity index (χ0n) is 10.4. The van der Waals surface area contributed by atoms with Crippen molar-refractivity contribution in [3.8, 4) is 0 Å². The Labute approximate surface area is 96.2 Å². The van der Waals surface area contributed by atoms with Crippen LogP contribution in [0.15, 0.2) is 0 Å². The van der Waals surface area contributed by atoms with Crippen LogP contribution < -0.4 is 5.32 Å². The van der Waals surface area contributed by atoms with Crippen LogP contribution in [0.5, 0.6) is 0 Å². The molecule has 6 nitrogen and oxygen atoms in total. The molecule has 0 aromatic heterocycles. The van der Waals surface area contributed by atoms with E-state index in [2.05, 4.69) is 5.32 Å². The average molecular weight is 253 g/mol. The maximum Gasteiger partial charge on any atom is 0.407 e. The van der Waals surface area contributed by atoms with Crippen molar-refractivity contribution in [3.63, 3.8) is 0 Å². The molecule has 0 unspecified atom stereocenters. The Balaban J connectivity index is 3.91. The maximum atomic E-state index is 11.6. The minimum absolute atomic E-state index is 0.110. The van der Waals surface area contributed by atoms with Crippen molar-refractivity contribution in [2.24, 2.45) is 0 Å². The highest BCUT2D eigenvalue weighted by Gasteiger charge is 2.21. The van der Waals surface area contributed by atoms with Crippen LogP contribution in [0.4, 0.5) is 4.79 Å². The normalized spacial score (nSPS) is 12.3. The van der Waals surface area contributed by atoms with E-state index >= 15 is 0 Å². The second kappa shape index (κ2) is 6.23. The van der Waals surface area contributed by atoms with Gasteiger partial charge in [0.2, 0.25) is 0 Å². The molecule has 1 N–H and O–H groups in total. The van der Waals surface area contributed by atoms with Crippen LogP contribution in [-0.4, -0.2) is 38.6 Å². The van der Waals surface area contributed by atoms with Crippen molar-refractivity contribution in [2.75, 3.05) is 26.9 Å². The highest BCUT2D eigenvalue weighted by atomic mass is 31.2. The smallest absolute Gasteiger partial charge is 0.407 e. The lowest BCUT2D eigenvalue weighted by atomic mass is 10.2. The minimum atomic E-state index is -3.06. The van der Waals surface area contributed by atoms with Gasteiger partial charge in [0.15, 0.2) is 0 Å². The number of hydrogen-bond donors (Lipinski definition) is 1. The van der Waals surface area contributed by atoms with Gasteiger partial charge in [-0.15, -0.1) is 0 Å². The molecule has 7 heteroatoms. The van der Waals surface area contributed by atoms with Gasteiger partial charge in [-0.05, 0) is 20.8 Å². The number of hydrogen-bond acceptors (Lipinski definition) is 5. The van der Waals surface area contributed by atoms with Crippen LogP contribution in [-0.2, 0) is 18.3 Å². The summed E-state index contributed by atoms with van der Waals surface area (Å²) in [7, 11) is -0.452. The second-order valence-corrected chi connectivity index (χ2v) is 6.53. The molecule has 0 aromatic rings. The van der Waals surface area contributed by atoms with E-state index in [0.29, 0.717) is 0 Å². The molecule has 0 rings (SSSR count). The maximum absolute atomic E-state index is 11.6. The summed E-state index contributed by atoms with van der Waals surface area (Å²) in [6.45, 7) is 5.47. The summed E-state index contributed by atoms with van der Waals surface area (Å²) in [6, 6.07) is 0. The SMILES string of the molecule is COP(=O)(CCNC(=O)OC(C)(C)C)OC. The Bertz CT molecular complexity index is 266. The van der Waals surface area contributed by atoms with Crippen LogP contribution in [0.25, 0.3) is 0 Å². The number of alkyl carbamates (subject to hydrolysis) is 1. The molecule has 0 spiro atoms. The van der Waals surface area contributed by atoms with Crippen LogP contribution >= 0.6 is 7.60 Å². The van der Waals surface area contributed by atoms with Crippen LogP contribution in [0.2, 0.25) is 0 Å². The van der Waals surface area contributed by atoms with E-state index in [-0.39, 0.29) is 12.7 Å². The summed E-state index contributed by atoms with van der Waals surface area (Å²) in [5, 5.41) is 2.47. The fraction of sp³-hybridized carbons (Fsp3) is 0.889. The lowest BCUT2D eigenvalue weighted by molar-refractivity contribution is 0.0531. The molecule has 0 aliphatic heterocycles. The highest BCUT2D eigenvalue weighted by Crippen LogP contribution is 2.45. The van der Waals surface area contributed by atoms with Crippen molar-refractivity contribution in [2.45, 2.75) is 26.4 Å². The standard InChI is InChI=1S/C9H20NO5P/c1-9(2,3)15-8(11)10-6-7-16(12,13-4)14-5/h6-7H2,1-5H3,(H,10,11). The third-order valence-corrected chi connectivity index (χ3v) is 3.49. The van der Waals surface area contributed by atoms with E-state index in [1.54, 1.807) is 20.8 Å². The van der Waals surface area contributed by atoms with Gasteiger partial charge in [-0.1, -0.05) is 0 Å². The van der Waals surface area contributed by atoms with Gasteiger partial charge < -0.3 is 19.1 Å². The Morgan fingerprint density at radius 1 is 1.25 bits per heavy atom. The third-order valence-electron chi connectivity index (χ3n) is 1.61. The van der Waals surface area contributed by atoms with Crippen molar-refractivity contribution in [1.29, 1.82) is 0 Å². The molecule has 0 fully saturated rings. The fourth-order valence-electron chi connectivity index (χ4n) is 0.866. The molecule has 0 bridgehead atoms. The van der Waals surface area contributed by atoms with E-state index in [1.807, 2.05) is 0 Å².